The minimum atomic E-state index is -0.895. The van der Waals surface area contributed by atoms with Gasteiger partial charge >= 0.3 is 5.97 Å². The van der Waals surface area contributed by atoms with Gasteiger partial charge < -0.3 is 19.5 Å². The van der Waals surface area contributed by atoms with E-state index in [0.29, 0.717) is 42.1 Å². The van der Waals surface area contributed by atoms with Crippen molar-refractivity contribution >= 4 is 22.9 Å². The van der Waals surface area contributed by atoms with Crippen LogP contribution in [0.15, 0.2) is 54.6 Å². The summed E-state index contributed by atoms with van der Waals surface area (Å²) in [5.41, 5.74) is 5.86. The second-order valence-electron chi connectivity index (χ2n) is 9.14. The van der Waals surface area contributed by atoms with Crippen molar-refractivity contribution < 1.29 is 24.2 Å². The van der Waals surface area contributed by atoms with Crippen molar-refractivity contribution in [2.24, 2.45) is 7.05 Å². The number of rotatable bonds is 7. The van der Waals surface area contributed by atoms with Crippen molar-refractivity contribution in [3.05, 3.63) is 82.4 Å². The Balaban J connectivity index is 1.50. The zero-order valence-electron chi connectivity index (χ0n) is 21.0. The lowest BCUT2D eigenvalue weighted by atomic mass is 9.82. The summed E-state index contributed by atoms with van der Waals surface area (Å²) in [6.45, 7) is 1.00. The van der Waals surface area contributed by atoms with Crippen LogP contribution in [0.1, 0.15) is 45.0 Å². The van der Waals surface area contributed by atoms with Gasteiger partial charge in [0.1, 0.15) is 22.5 Å². The van der Waals surface area contributed by atoms with Crippen molar-refractivity contribution in [1.82, 2.24) is 19.9 Å². The largest absolute Gasteiger partial charge is 0.497 e. The third-order valence-corrected chi connectivity index (χ3v) is 6.99. The first kappa shape index (κ1) is 24.3. The zero-order valence-corrected chi connectivity index (χ0v) is 21.0. The molecule has 0 bridgehead atoms. The Labute approximate surface area is 214 Å². The summed E-state index contributed by atoms with van der Waals surface area (Å²) >= 11 is 0. The lowest BCUT2D eigenvalue weighted by Crippen LogP contribution is -2.36. The maximum absolute atomic E-state index is 13.2. The number of nitrogens with zero attached hydrogens (tertiary/aromatic N) is 4. The van der Waals surface area contributed by atoms with E-state index in [1.165, 1.54) is 0 Å². The van der Waals surface area contributed by atoms with Crippen LogP contribution in [0.4, 0.5) is 0 Å². The molecule has 37 heavy (non-hydrogen) atoms. The van der Waals surface area contributed by atoms with E-state index in [2.05, 4.69) is 10.3 Å². The van der Waals surface area contributed by atoms with E-state index in [-0.39, 0.29) is 12.3 Å². The molecule has 0 spiro atoms. The number of aliphatic carboxylic acids is 1. The summed E-state index contributed by atoms with van der Waals surface area (Å²) in [6.07, 6.45) is 0.550. The van der Waals surface area contributed by atoms with Crippen molar-refractivity contribution in [3.8, 4) is 11.5 Å². The highest BCUT2D eigenvalue weighted by molar-refractivity contribution is 5.94. The molecular formula is C28H28N4O5. The lowest BCUT2D eigenvalue weighted by Gasteiger charge is -2.32. The number of amides is 1. The molecule has 5 rings (SSSR count). The molecule has 4 aromatic rings. The van der Waals surface area contributed by atoms with Gasteiger partial charge in [0.05, 0.1) is 20.6 Å². The first-order chi connectivity index (χ1) is 17.9. The summed E-state index contributed by atoms with van der Waals surface area (Å²) in [4.78, 5) is 27.0. The number of ether oxygens (including phenoxy) is 2. The standard InChI is InChI=1S/C28H28N4O5/c1-31-27-24(29-30-31)13-19(14-25(27)37-3)23(15-26(33)34)22-6-4-5-18-16-32(12-11-21(18)22)28(35)17-7-9-20(36-2)10-8-17/h4-10,13-14,23H,11-12,15-16H2,1-3H3,(H,33,34). The number of methoxy groups -OCH3 is 2. The maximum atomic E-state index is 13.2. The smallest absolute Gasteiger partial charge is 0.304 e. The molecule has 1 aromatic heterocycles. The van der Waals surface area contributed by atoms with E-state index < -0.39 is 11.9 Å². The van der Waals surface area contributed by atoms with Crippen molar-refractivity contribution in [2.75, 3.05) is 20.8 Å². The summed E-state index contributed by atoms with van der Waals surface area (Å²) in [5, 5.41) is 18.1. The Morgan fingerprint density at radius 2 is 1.86 bits per heavy atom. The number of carboxylic acids is 1. The van der Waals surface area contributed by atoms with Crippen molar-refractivity contribution in [3.63, 3.8) is 0 Å². The molecule has 9 heteroatoms. The Hall–Kier alpha value is -4.40. The third kappa shape index (κ3) is 4.60. The molecule has 3 aromatic carbocycles. The molecule has 0 radical (unpaired) electrons. The number of hydrogen-bond donors (Lipinski definition) is 1. The van der Waals surface area contributed by atoms with Gasteiger partial charge in [0, 0.05) is 31.6 Å². The molecule has 1 aliphatic heterocycles. The Kier molecular flexibility index (Phi) is 6.52. The van der Waals surface area contributed by atoms with Crippen LogP contribution >= 0.6 is 0 Å². The number of hydrogen-bond acceptors (Lipinski definition) is 6. The van der Waals surface area contributed by atoms with Gasteiger partial charge in [0.15, 0.2) is 0 Å². The maximum Gasteiger partial charge on any atom is 0.304 e. The predicted octanol–water partition coefficient (Wildman–Crippen LogP) is 3.79. The molecule has 190 valence electrons. The van der Waals surface area contributed by atoms with E-state index in [1.807, 2.05) is 35.2 Å². The van der Waals surface area contributed by atoms with Gasteiger partial charge in [-0.25, -0.2) is 4.68 Å². The van der Waals surface area contributed by atoms with Crippen LogP contribution in [-0.4, -0.2) is 57.6 Å². The second kappa shape index (κ2) is 9.93. The molecule has 1 aliphatic rings. The van der Waals surface area contributed by atoms with E-state index in [4.69, 9.17) is 9.47 Å². The first-order valence-corrected chi connectivity index (χ1v) is 12.0. The normalized spacial score (nSPS) is 13.8. The fourth-order valence-electron chi connectivity index (χ4n) is 5.17. The van der Waals surface area contributed by atoms with Gasteiger partial charge in [-0.05, 0) is 65.1 Å². The van der Waals surface area contributed by atoms with E-state index in [1.54, 1.807) is 50.2 Å². The fourth-order valence-corrected chi connectivity index (χ4v) is 5.17. The van der Waals surface area contributed by atoms with Gasteiger partial charge in [0.2, 0.25) is 0 Å². The number of aryl methyl sites for hydroxylation is 1. The molecule has 1 amide bonds. The number of benzene rings is 3. The molecule has 1 atom stereocenters. The fraction of sp³-hybridized carbons (Fsp3) is 0.286. The molecule has 9 nitrogen and oxygen atoms in total. The van der Waals surface area contributed by atoms with E-state index in [9.17, 15) is 14.7 Å². The zero-order chi connectivity index (χ0) is 26.1. The van der Waals surface area contributed by atoms with Crippen LogP contribution < -0.4 is 9.47 Å². The summed E-state index contributed by atoms with van der Waals surface area (Å²) in [7, 11) is 4.96. The molecule has 0 saturated heterocycles. The molecule has 2 heterocycles. The second-order valence-corrected chi connectivity index (χ2v) is 9.14. The Bertz CT molecular complexity index is 1480. The van der Waals surface area contributed by atoms with Crippen LogP contribution in [0.25, 0.3) is 11.0 Å². The first-order valence-electron chi connectivity index (χ1n) is 12.0. The quantitative estimate of drug-likeness (QED) is 0.411. The highest BCUT2D eigenvalue weighted by Gasteiger charge is 2.28. The monoisotopic (exact) mass is 500 g/mol. The van der Waals surface area contributed by atoms with Crippen LogP contribution in [0.5, 0.6) is 11.5 Å². The number of carbonyl (C=O) groups is 2. The predicted molar refractivity (Wildman–Crippen MR) is 137 cm³/mol. The summed E-state index contributed by atoms with van der Waals surface area (Å²) in [6, 6.07) is 16.8. The number of carbonyl (C=O) groups excluding carboxylic acids is 1. The van der Waals surface area contributed by atoms with Crippen LogP contribution in [0.2, 0.25) is 0 Å². The highest BCUT2D eigenvalue weighted by Crippen LogP contribution is 2.38. The van der Waals surface area contributed by atoms with Crippen molar-refractivity contribution in [2.45, 2.75) is 25.3 Å². The lowest BCUT2D eigenvalue weighted by molar-refractivity contribution is -0.137. The number of aromatic nitrogens is 3. The van der Waals surface area contributed by atoms with Crippen LogP contribution in [0, 0.1) is 0 Å². The van der Waals surface area contributed by atoms with Gasteiger partial charge in [0.25, 0.3) is 5.91 Å². The molecule has 1 unspecified atom stereocenters. The minimum Gasteiger partial charge on any atom is -0.497 e. The van der Waals surface area contributed by atoms with E-state index in [0.717, 1.165) is 27.8 Å². The average molecular weight is 501 g/mol. The minimum absolute atomic E-state index is 0.0429. The number of carboxylic acid groups (broad SMARTS) is 1. The van der Waals surface area contributed by atoms with Crippen LogP contribution in [0.3, 0.4) is 0 Å². The SMILES string of the molecule is COc1ccc(C(=O)N2CCc3c(cccc3C(CC(=O)O)c3cc(OC)c4c(c3)nnn4C)C2)cc1. The van der Waals surface area contributed by atoms with Crippen LogP contribution in [-0.2, 0) is 24.8 Å². The molecular weight excluding hydrogens is 472 g/mol. The molecule has 0 saturated carbocycles. The third-order valence-electron chi connectivity index (χ3n) is 6.99. The Morgan fingerprint density at radius 1 is 1.08 bits per heavy atom. The molecule has 0 aliphatic carbocycles. The molecule has 0 fully saturated rings. The average Bonchev–Trinajstić information content (AvgIpc) is 3.30. The molecule has 1 N–H and O–H groups in total. The van der Waals surface area contributed by atoms with Gasteiger partial charge in [-0.2, -0.15) is 0 Å². The van der Waals surface area contributed by atoms with Crippen molar-refractivity contribution in [1.29, 1.82) is 0 Å². The topological polar surface area (TPSA) is 107 Å². The Morgan fingerprint density at radius 3 is 2.57 bits per heavy atom. The number of fused-ring (bicyclic) bond motifs is 2. The summed E-state index contributed by atoms with van der Waals surface area (Å²) in [5.74, 6) is -0.0504. The highest BCUT2D eigenvalue weighted by atomic mass is 16.5. The van der Waals surface area contributed by atoms with Gasteiger partial charge in [-0.3, -0.25) is 9.59 Å². The van der Waals surface area contributed by atoms with Gasteiger partial charge in [-0.15, -0.1) is 5.10 Å². The van der Waals surface area contributed by atoms with Gasteiger partial charge in [-0.1, -0.05) is 23.4 Å². The summed E-state index contributed by atoms with van der Waals surface area (Å²) < 4.78 is 12.4. The van der Waals surface area contributed by atoms with E-state index >= 15 is 0 Å².